The Morgan fingerprint density at radius 1 is 1.20 bits per heavy atom. The van der Waals surface area contributed by atoms with Crippen molar-refractivity contribution in [3.8, 4) is 5.75 Å². The third-order valence-electron chi connectivity index (χ3n) is 4.52. The third kappa shape index (κ3) is 2.84. The van der Waals surface area contributed by atoms with Crippen molar-refractivity contribution in [2.75, 3.05) is 26.2 Å². The Morgan fingerprint density at radius 3 is 2.75 bits per heavy atom. The summed E-state index contributed by atoms with van der Waals surface area (Å²) >= 11 is 0. The van der Waals surface area contributed by atoms with Crippen LogP contribution in [0.15, 0.2) is 24.3 Å². The molecule has 3 heteroatoms. The van der Waals surface area contributed by atoms with Crippen molar-refractivity contribution < 1.29 is 4.74 Å². The smallest absolute Gasteiger partial charge is 0.125 e. The predicted octanol–water partition coefficient (Wildman–Crippen LogP) is 2.97. The van der Waals surface area contributed by atoms with E-state index in [0.717, 1.165) is 18.8 Å². The van der Waals surface area contributed by atoms with Gasteiger partial charge in [0, 0.05) is 18.7 Å². The van der Waals surface area contributed by atoms with E-state index in [1.165, 1.54) is 37.9 Å². The van der Waals surface area contributed by atoms with Gasteiger partial charge < -0.3 is 15.0 Å². The van der Waals surface area contributed by atoms with E-state index in [2.05, 4.69) is 42.3 Å². The molecule has 3 nitrogen and oxygen atoms in total. The van der Waals surface area contributed by atoms with Gasteiger partial charge in [0.25, 0.3) is 0 Å². The van der Waals surface area contributed by atoms with E-state index in [1.807, 2.05) is 6.07 Å². The van der Waals surface area contributed by atoms with Crippen LogP contribution in [0.25, 0.3) is 0 Å². The van der Waals surface area contributed by atoms with E-state index in [4.69, 9.17) is 4.74 Å². The third-order valence-corrected chi connectivity index (χ3v) is 4.52. The number of ether oxygens (including phenoxy) is 1. The van der Waals surface area contributed by atoms with Gasteiger partial charge in [0.2, 0.25) is 0 Å². The second kappa shape index (κ2) is 5.74. The SMILES string of the molecule is CC1(C)Oc2ccccc2C1NCCN1CCCCC1. The van der Waals surface area contributed by atoms with Gasteiger partial charge in [0.05, 0.1) is 6.04 Å². The summed E-state index contributed by atoms with van der Waals surface area (Å²) in [7, 11) is 0. The zero-order chi connectivity index (χ0) is 14.0. The maximum absolute atomic E-state index is 6.07. The van der Waals surface area contributed by atoms with Crippen molar-refractivity contribution in [1.29, 1.82) is 0 Å². The standard InChI is InChI=1S/C17H26N2O/c1-17(2)16(14-8-4-5-9-15(14)20-17)18-10-13-19-11-6-3-7-12-19/h4-5,8-9,16,18H,3,6-7,10-13H2,1-2H3. The largest absolute Gasteiger partial charge is 0.486 e. The van der Waals surface area contributed by atoms with Crippen LogP contribution in [0.4, 0.5) is 0 Å². The van der Waals surface area contributed by atoms with Crippen LogP contribution in [0.3, 0.4) is 0 Å². The van der Waals surface area contributed by atoms with Crippen molar-refractivity contribution in [1.82, 2.24) is 10.2 Å². The molecule has 0 aromatic heterocycles. The second-order valence-corrected chi connectivity index (χ2v) is 6.53. The first-order chi connectivity index (χ1) is 9.67. The molecule has 1 saturated heterocycles. The summed E-state index contributed by atoms with van der Waals surface area (Å²) in [6, 6.07) is 8.70. The van der Waals surface area contributed by atoms with Crippen LogP contribution in [-0.4, -0.2) is 36.7 Å². The fourth-order valence-electron chi connectivity index (χ4n) is 3.43. The van der Waals surface area contributed by atoms with Gasteiger partial charge in [0.15, 0.2) is 0 Å². The quantitative estimate of drug-likeness (QED) is 0.913. The molecule has 2 aliphatic heterocycles. The van der Waals surface area contributed by atoms with Crippen molar-refractivity contribution in [3.05, 3.63) is 29.8 Å². The molecule has 1 aromatic rings. The van der Waals surface area contributed by atoms with Gasteiger partial charge >= 0.3 is 0 Å². The summed E-state index contributed by atoms with van der Waals surface area (Å²) in [5, 5.41) is 3.71. The van der Waals surface area contributed by atoms with Gasteiger partial charge in [-0.25, -0.2) is 0 Å². The highest BCUT2D eigenvalue weighted by Crippen LogP contribution is 2.42. The fourth-order valence-corrected chi connectivity index (χ4v) is 3.43. The van der Waals surface area contributed by atoms with Crippen molar-refractivity contribution >= 4 is 0 Å². The number of benzene rings is 1. The van der Waals surface area contributed by atoms with Crippen LogP contribution in [0.2, 0.25) is 0 Å². The van der Waals surface area contributed by atoms with E-state index in [0.29, 0.717) is 6.04 Å². The Hall–Kier alpha value is -1.06. The lowest BCUT2D eigenvalue weighted by Gasteiger charge is -2.30. The maximum atomic E-state index is 6.07. The minimum absolute atomic E-state index is 0.161. The molecule has 1 fully saturated rings. The first-order valence-corrected chi connectivity index (χ1v) is 7.90. The molecule has 0 amide bonds. The first-order valence-electron chi connectivity index (χ1n) is 7.90. The lowest BCUT2D eigenvalue weighted by Crippen LogP contribution is -2.43. The number of hydrogen-bond acceptors (Lipinski definition) is 3. The van der Waals surface area contributed by atoms with Crippen LogP contribution in [0.5, 0.6) is 5.75 Å². The number of para-hydroxylation sites is 1. The molecular formula is C17H26N2O. The zero-order valence-corrected chi connectivity index (χ0v) is 12.7. The Bertz CT molecular complexity index is 452. The van der Waals surface area contributed by atoms with E-state index in [-0.39, 0.29) is 5.60 Å². The molecule has 0 spiro atoms. The minimum atomic E-state index is -0.161. The van der Waals surface area contributed by atoms with Crippen molar-refractivity contribution in [3.63, 3.8) is 0 Å². The van der Waals surface area contributed by atoms with Crippen LogP contribution >= 0.6 is 0 Å². The number of nitrogens with one attached hydrogen (secondary N) is 1. The van der Waals surface area contributed by atoms with Crippen LogP contribution < -0.4 is 10.1 Å². The molecule has 0 bridgehead atoms. The number of rotatable bonds is 4. The predicted molar refractivity (Wildman–Crippen MR) is 82.2 cm³/mol. The summed E-state index contributed by atoms with van der Waals surface area (Å²) in [5.41, 5.74) is 1.14. The van der Waals surface area contributed by atoms with Gasteiger partial charge in [0.1, 0.15) is 11.4 Å². The topological polar surface area (TPSA) is 24.5 Å². The van der Waals surface area contributed by atoms with Crippen LogP contribution in [0, 0.1) is 0 Å². The van der Waals surface area contributed by atoms with Gasteiger partial charge in [-0.1, -0.05) is 24.6 Å². The Labute approximate surface area is 122 Å². The first kappa shape index (κ1) is 13.9. The molecule has 2 aliphatic rings. The molecule has 3 rings (SSSR count). The fraction of sp³-hybridized carbons (Fsp3) is 0.647. The van der Waals surface area contributed by atoms with Gasteiger partial charge in [-0.05, 0) is 45.8 Å². The molecule has 1 N–H and O–H groups in total. The Kier molecular flexibility index (Phi) is 3.99. The summed E-state index contributed by atoms with van der Waals surface area (Å²) in [4.78, 5) is 2.57. The molecule has 110 valence electrons. The summed E-state index contributed by atoms with van der Waals surface area (Å²) < 4.78 is 6.07. The summed E-state index contributed by atoms with van der Waals surface area (Å²) in [6.45, 7) is 9.06. The van der Waals surface area contributed by atoms with Crippen LogP contribution in [0.1, 0.15) is 44.7 Å². The van der Waals surface area contributed by atoms with Gasteiger partial charge in [-0.15, -0.1) is 0 Å². The minimum Gasteiger partial charge on any atom is -0.486 e. The molecule has 0 aliphatic carbocycles. The monoisotopic (exact) mass is 274 g/mol. The molecule has 0 saturated carbocycles. The highest BCUT2D eigenvalue weighted by molar-refractivity contribution is 5.42. The molecule has 1 aromatic carbocycles. The number of fused-ring (bicyclic) bond motifs is 1. The van der Waals surface area contributed by atoms with Gasteiger partial charge in [-0.2, -0.15) is 0 Å². The lowest BCUT2D eigenvalue weighted by atomic mass is 9.94. The van der Waals surface area contributed by atoms with Gasteiger partial charge in [-0.3, -0.25) is 0 Å². The molecule has 0 radical (unpaired) electrons. The van der Waals surface area contributed by atoms with Crippen molar-refractivity contribution in [2.45, 2.75) is 44.8 Å². The molecule has 1 unspecified atom stereocenters. The number of likely N-dealkylation sites (tertiary alicyclic amines) is 1. The van der Waals surface area contributed by atoms with E-state index < -0.39 is 0 Å². The Morgan fingerprint density at radius 2 is 1.95 bits per heavy atom. The lowest BCUT2D eigenvalue weighted by molar-refractivity contribution is 0.0943. The average Bonchev–Trinajstić information content (AvgIpc) is 2.71. The molecule has 2 heterocycles. The van der Waals surface area contributed by atoms with E-state index >= 15 is 0 Å². The number of piperidine rings is 1. The second-order valence-electron chi connectivity index (χ2n) is 6.53. The number of hydrogen-bond donors (Lipinski definition) is 1. The zero-order valence-electron chi connectivity index (χ0n) is 12.7. The molecule has 20 heavy (non-hydrogen) atoms. The average molecular weight is 274 g/mol. The molecule has 1 atom stereocenters. The normalized spacial score (nSPS) is 25.2. The Balaban J connectivity index is 1.58. The summed E-state index contributed by atoms with van der Waals surface area (Å²) in [6.07, 6.45) is 4.13. The maximum Gasteiger partial charge on any atom is 0.125 e. The summed E-state index contributed by atoms with van der Waals surface area (Å²) in [5.74, 6) is 1.04. The van der Waals surface area contributed by atoms with E-state index in [1.54, 1.807) is 0 Å². The van der Waals surface area contributed by atoms with Crippen molar-refractivity contribution in [2.24, 2.45) is 0 Å². The molecular weight excluding hydrogens is 248 g/mol. The highest BCUT2D eigenvalue weighted by Gasteiger charge is 2.40. The number of nitrogens with zero attached hydrogens (tertiary/aromatic N) is 1. The van der Waals surface area contributed by atoms with E-state index in [9.17, 15) is 0 Å². The highest BCUT2D eigenvalue weighted by atomic mass is 16.5. The van der Waals surface area contributed by atoms with Crippen LogP contribution in [-0.2, 0) is 0 Å².